The highest BCUT2D eigenvalue weighted by Crippen LogP contribution is 2.11. The number of aliphatic carboxylic acids is 1. The lowest BCUT2D eigenvalue weighted by Gasteiger charge is -2.12. The van der Waals surface area contributed by atoms with E-state index >= 15 is 0 Å². The van der Waals surface area contributed by atoms with Gasteiger partial charge in [0.15, 0.2) is 0 Å². The summed E-state index contributed by atoms with van der Waals surface area (Å²) in [4.78, 5) is 10.9. The van der Waals surface area contributed by atoms with Gasteiger partial charge in [0.1, 0.15) is 11.8 Å². The monoisotopic (exact) mass is 220 g/mol. The molecule has 16 heavy (non-hydrogen) atoms. The van der Waals surface area contributed by atoms with E-state index in [9.17, 15) is 4.79 Å². The summed E-state index contributed by atoms with van der Waals surface area (Å²) in [6.45, 7) is -0.00491. The van der Waals surface area contributed by atoms with Crippen molar-refractivity contribution in [2.75, 3.05) is 6.54 Å². The van der Waals surface area contributed by atoms with Gasteiger partial charge in [0.25, 0.3) is 0 Å². The molecule has 0 fully saturated rings. The number of nitrogens with one attached hydrogen (secondary N) is 1. The standard InChI is InChI=1S/C11H12N2O3/c12-5-6-13-10(11(15)16)7-8-1-3-9(14)4-2-8/h1-4,10,13-14H,6-7H2,(H,15,16)/t10-/m0/s1. The first kappa shape index (κ1) is 12.0. The maximum atomic E-state index is 10.9. The minimum absolute atomic E-state index is 0.00491. The number of aromatic hydroxyl groups is 1. The van der Waals surface area contributed by atoms with Crippen molar-refractivity contribution in [3.63, 3.8) is 0 Å². The van der Waals surface area contributed by atoms with Crippen LogP contribution in [-0.2, 0) is 11.2 Å². The number of phenolic OH excluding ortho intramolecular Hbond substituents is 1. The third-order valence-electron chi connectivity index (χ3n) is 2.10. The van der Waals surface area contributed by atoms with Crippen LogP contribution >= 0.6 is 0 Å². The zero-order valence-corrected chi connectivity index (χ0v) is 8.55. The Labute approximate surface area is 92.9 Å². The molecule has 0 aliphatic rings. The van der Waals surface area contributed by atoms with Crippen LogP contribution in [0.15, 0.2) is 24.3 Å². The summed E-state index contributed by atoms with van der Waals surface area (Å²) in [5, 5.41) is 28.9. The van der Waals surface area contributed by atoms with Crippen molar-refractivity contribution >= 4 is 5.97 Å². The van der Waals surface area contributed by atoms with Crippen molar-refractivity contribution in [1.82, 2.24) is 5.32 Å². The molecule has 0 radical (unpaired) electrons. The molecule has 0 saturated heterocycles. The predicted molar refractivity (Wildman–Crippen MR) is 56.9 cm³/mol. The molecule has 1 aromatic carbocycles. The summed E-state index contributed by atoms with van der Waals surface area (Å²) in [7, 11) is 0. The molecule has 1 rings (SSSR count). The summed E-state index contributed by atoms with van der Waals surface area (Å²) in [5.41, 5.74) is 0.788. The van der Waals surface area contributed by atoms with Gasteiger partial charge in [-0.1, -0.05) is 12.1 Å². The number of carboxylic acid groups (broad SMARTS) is 1. The van der Waals surface area contributed by atoms with Gasteiger partial charge in [-0.15, -0.1) is 0 Å². The van der Waals surface area contributed by atoms with Crippen LogP contribution in [0.25, 0.3) is 0 Å². The van der Waals surface area contributed by atoms with Gasteiger partial charge < -0.3 is 10.2 Å². The molecule has 0 aliphatic heterocycles. The highest BCUT2D eigenvalue weighted by Gasteiger charge is 2.16. The van der Waals surface area contributed by atoms with Crippen LogP contribution < -0.4 is 5.32 Å². The van der Waals surface area contributed by atoms with Gasteiger partial charge in [0.05, 0.1) is 12.6 Å². The smallest absolute Gasteiger partial charge is 0.321 e. The number of rotatable bonds is 5. The lowest BCUT2D eigenvalue weighted by Crippen LogP contribution is -2.38. The Balaban J connectivity index is 2.64. The van der Waals surface area contributed by atoms with E-state index in [1.54, 1.807) is 12.1 Å². The van der Waals surface area contributed by atoms with E-state index in [2.05, 4.69) is 5.32 Å². The fourth-order valence-corrected chi connectivity index (χ4v) is 1.28. The van der Waals surface area contributed by atoms with E-state index in [0.29, 0.717) is 0 Å². The van der Waals surface area contributed by atoms with E-state index in [-0.39, 0.29) is 18.7 Å². The first-order valence-corrected chi connectivity index (χ1v) is 4.74. The Morgan fingerprint density at radius 2 is 2.06 bits per heavy atom. The second-order valence-electron chi connectivity index (χ2n) is 3.30. The summed E-state index contributed by atoms with van der Waals surface area (Å²) in [6.07, 6.45) is 0.275. The van der Waals surface area contributed by atoms with Gasteiger partial charge in [-0.3, -0.25) is 10.1 Å². The topological polar surface area (TPSA) is 93.4 Å². The summed E-state index contributed by atoms with van der Waals surface area (Å²) in [5.74, 6) is -0.857. The van der Waals surface area contributed by atoms with Crippen LogP contribution in [0.5, 0.6) is 5.75 Å². The van der Waals surface area contributed by atoms with Gasteiger partial charge in [-0.2, -0.15) is 5.26 Å². The quantitative estimate of drug-likeness (QED) is 0.628. The van der Waals surface area contributed by atoms with Crippen molar-refractivity contribution in [1.29, 1.82) is 5.26 Å². The number of hydrogen-bond donors (Lipinski definition) is 3. The fourth-order valence-electron chi connectivity index (χ4n) is 1.28. The lowest BCUT2D eigenvalue weighted by atomic mass is 10.1. The molecule has 0 aliphatic carbocycles. The molecule has 0 amide bonds. The molecule has 1 aromatic rings. The Morgan fingerprint density at radius 3 is 2.56 bits per heavy atom. The Hall–Kier alpha value is -2.06. The maximum Gasteiger partial charge on any atom is 0.321 e. The third-order valence-corrected chi connectivity index (χ3v) is 2.10. The zero-order chi connectivity index (χ0) is 12.0. The lowest BCUT2D eigenvalue weighted by molar-refractivity contribution is -0.139. The van der Waals surface area contributed by atoms with E-state index in [0.717, 1.165) is 5.56 Å². The Bertz CT molecular complexity index is 395. The molecule has 84 valence electrons. The van der Waals surface area contributed by atoms with Crippen LogP contribution in [0.1, 0.15) is 5.56 Å². The van der Waals surface area contributed by atoms with Gasteiger partial charge in [-0.25, -0.2) is 0 Å². The Kier molecular flexibility index (Phi) is 4.30. The number of nitriles is 1. The molecule has 0 aromatic heterocycles. The van der Waals surface area contributed by atoms with Crippen LogP contribution in [0, 0.1) is 11.3 Å². The van der Waals surface area contributed by atoms with Gasteiger partial charge in [-0.05, 0) is 24.1 Å². The average molecular weight is 220 g/mol. The van der Waals surface area contributed by atoms with Crippen LogP contribution in [0.4, 0.5) is 0 Å². The molecule has 0 heterocycles. The van der Waals surface area contributed by atoms with Crippen molar-refractivity contribution in [2.45, 2.75) is 12.5 Å². The minimum atomic E-state index is -0.997. The Morgan fingerprint density at radius 1 is 1.44 bits per heavy atom. The molecule has 0 spiro atoms. The fraction of sp³-hybridized carbons (Fsp3) is 0.273. The van der Waals surface area contributed by atoms with Gasteiger partial charge in [0.2, 0.25) is 0 Å². The highest BCUT2D eigenvalue weighted by molar-refractivity contribution is 5.74. The number of nitrogens with zero attached hydrogens (tertiary/aromatic N) is 1. The number of carbonyl (C=O) groups is 1. The molecular weight excluding hydrogens is 208 g/mol. The molecule has 0 bridgehead atoms. The number of benzene rings is 1. The van der Waals surface area contributed by atoms with E-state index < -0.39 is 12.0 Å². The third kappa shape index (κ3) is 3.59. The van der Waals surface area contributed by atoms with Crippen LogP contribution in [0.2, 0.25) is 0 Å². The first-order valence-electron chi connectivity index (χ1n) is 4.74. The molecule has 3 N–H and O–H groups in total. The predicted octanol–water partition coefficient (Wildman–Crippen LogP) is 0.501. The van der Waals surface area contributed by atoms with E-state index in [4.69, 9.17) is 15.5 Å². The molecule has 0 saturated carbocycles. The molecule has 0 unspecified atom stereocenters. The second-order valence-corrected chi connectivity index (χ2v) is 3.30. The largest absolute Gasteiger partial charge is 0.508 e. The maximum absolute atomic E-state index is 10.9. The second kappa shape index (κ2) is 5.73. The first-order chi connectivity index (χ1) is 7.63. The zero-order valence-electron chi connectivity index (χ0n) is 8.55. The summed E-state index contributed by atoms with van der Waals surface area (Å²) < 4.78 is 0. The van der Waals surface area contributed by atoms with Gasteiger partial charge in [0, 0.05) is 0 Å². The highest BCUT2D eigenvalue weighted by atomic mass is 16.4. The average Bonchev–Trinajstić information content (AvgIpc) is 2.26. The molecule has 5 heteroatoms. The van der Waals surface area contributed by atoms with Crippen LogP contribution in [0.3, 0.4) is 0 Å². The number of carboxylic acids is 1. The van der Waals surface area contributed by atoms with Crippen molar-refractivity contribution in [2.24, 2.45) is 0 Å². The van der Waals surface area contributed by atoms with Gasteiger partial charge >= 0.3 is 5.97 Å². The SMILES string of the molecule is N#CCN[C@@H](Cc1ccc(O)cc1)C(=O)O. The summed E-state index contributed by atoms with van der Waals surface area (Å²) >= 11 is 0. The number of phenols is 1. The summed E-state index contributed by atoms with van der Waals surface area (Å²) in [6, 6.07) is 7.35. The van der Waals surface area contributed by atoms with Crippen molar-refractivity contribution < 1.29 is 15.0 Å². The van der Waals surface area contributed by atoms with Crippen molar-refractivity contribution in [3.8, 4) is 11.8 Å². The van der Waals surface area contributed by atoms with Crippen molar-refractivity contribution in [3.05, 3.63) is 29.8 Å². The minimum Gasteiger partial charge on any atom is -0.508 e. The van der Waals surface area contributed by atoms with E-state index in [1.807, 2.05) is 6.07 Å². The molecular formula is C11H12N2O3. The van der Waals surface area contributed by atoms with E-state index in [1.165, 1.54) is 12.1 Å². The van der Waals surface area contributed by atoms with Crippen LogP contribution in [-0.4, -0.2) is 28.8 Å². The number of hydrogen-bond acceptors (Lipinski definition) is 4. The normalized spacial score (nSPS) is 11.7. The molecule has 5 nitrogen and oxygen atoms in total. The molecule has 1 atom stereocenters.